The van der Waals surface area contributed by atoms with E-state index in [2.05, 4.69) is 0 Å². The van der Waals surface area contributed by atoms with E-state index < -0.39 is 13.4 Å². The fraction of sp³-hybridized carbons (Fsp3) is 0.391. The van der Waals surface area contributed by atoms with E-state index in [1.807, 2.05) is 60.7 Å². The van der Waals surface area contributed by atoms with Crippen molar-refractivity contribution >= 4 is 19.3 Å². The molecule has 1 atom stereocenters. The predicted octanol–water partition coefficient (Wildman–Crippen LogP) is 5.46. The van der Waals surface area contributed by atoms with Gasteiger partial charge in [0.15, 0.2) is 5.78 Å². The Bertz CT molecular complexity index is 803. The number of ether oxygens (including phenoxy) is 1. The lowest BCUT2D eigenvalue weighted by Gasteiger charge is -2.24. The van der Waals surface area contributed by atoms with E-state index in [1.54, 1.807) is 20.8 Å². The first-order valence-corrected chi connectivity index (χ1v) is 11.9. The van der Waals surface area contributed by atoms with Gasteiger partial charge < -0.3 is 13.8 Å². The van der Waals surface area contributed by atoms with Crippen LogP contribution in [0.1, 0.15) is 44.7 Å². The monoisotopic (exact) mass is 431 g/mol. The predicted molar refractivity (Wildman–Crippen MR) is 119 cm³/mol. The number of carbonyl (C=O) groups excluding carboxylic acids is 1. The highest BCUT2D eigenvalue weighted by Crippen LogP contribution is 2.55. The molecule has 0 aliphatic carbocycles. The average Bonchev–Trinajstić information content (AvgIpc) is 2.75. The third kappa shape index (κ3) is 6.91. The van der Waals surface area contributed by atoms with Gasteiger partial charge in [0, 0.05) is 17.5 Å². The molecule has 6 nitrogen and oxygen atoms in total. The Hall–Kier alpha value is -2.27. The fourth-order valence-corrected chi connectivity index (χ4v) is 4.84. The van der Waals surface area contributed by atoms with Crippen LogP contribution in [-0.2, 0) is 23.1 Å². The quantitative estimate of drug-likeness (QED) is 0.253. The van der Waals surface area contributed by atoms with Crippen LogP contribution in [-0.4, -0.2) is 37.3 Å². The number of nitrogens with zero attached hydrogens (tertiary/aromatic N) is 1. The zero-order chi connectivity index (χ0) is 21.8. The number of rotatable bonds is 12. The Morgan fingerprint density at radius 1 is 0.867 bits per heavy atom. The van der Waals surface area contributed by atoms with Crippen molar-refractivity contribution in [3.63, 3.8) is 0 Å². The number of hydrogen-bond donors (Lipinski definition) is 0. The molecule has 0 saturated heterocycles. The zero-order valence-electron chi connectivity index (χ0n) is 17.8. The molecule has 0 amide bonds. The van der Waals surface area contributed by atoms with Crippen LogP contribution in [0, 0.1) is 0 Å². The standard InChI is InChI=1S/C23H30NO5P/c1-4-27-22(25)18-17-21(30(26,28-5-2)29-6-3)24-23(19-13-9-7-10-14-19)20-15-11-8-12-16-20/h7-16,21H,4-6,17-18H2,1-3H3/t21-/m0/s1. The molecular weight excluding hydrogens is 401 g/mol. The highest BCUT2D eigenvalue weighted by molar-refractivity contribution is 7.54. The lowest BCUT2D eigenvalue weighted by Crippen LogP contribution is -2.17. The van der Waals surface area contributed by atoms with Crippen molar-refractivity contribution in [2.24, 2.45) is 4.99 Å². The van der Waals surface area contributed by atoms with Crippen LogP contribution in [0.15, 0.2) is 65.7 Å². The average molecular weight is 431 g/mol. The summed E-state index contributed by atoms with van der Waals surface area (Å²) in [6.45, 7) is 5.99. The van der Waals surface area contributed by atoms with Gasteiger partial charge in [-0.15, -0.1) is 0 Å². The van der Waals surface area contributed by atoms with Crippen LogP contribution >= 0.6 is 7.60 Å². The first kappa shape index (κ1) is 24.0. The van der Waals surface area contributed by atoms with E-state index in [0.29, 0.717) is 12.3 Å². The molecule has 0 N–H and O–H groups in total. The van der Waals surface area contributed by atoms with Crippen molar-refractivity contribution in [1.29, 1.82) is 0 Å². The highest BCUT2D eigenvalue weighted by atomic mass is 31.2. The normalized spacial score (nSPS) is 12.2. The van der Waals surface area contributed by atoms with Gasteiger partial charge in [0.1, 0.15) is 0 Å². The van der Waals surface area contributed by atoms with Gasteiger partial charge in [0.25, 0.3) is 0 Å². The summed E-state index contributed by atoms with van der Waals surface area (Å²) in [5, 5.41) is 0. The van der Waals surface area contributed by atoms with Crippen molar-refractivity contribution in [2.75, 3.05) is 19.8 Å². The molecular formula is C23H30NO5P. The first-order chi connectivity index (χ1) is 14.5. The molecule has 0 aliphatic rings. The summed E-state index contributed by atoms with van der Waals surface area (Å²) in [5.74, 6) is -1.20. The molecule has 0 unspecified atom stereocenters. The van der Waals surface area contributed by atoms with Crippen LogP contribution in [0.5, 0.6) is 0 Å². The Balaban J connectivity index is 2.52. The fourth-order valence-electron chi connectivity index (χ4n) is 3.00. The van der Waals surface area contributed by atoms with Gasteiger partial charge in [-0.25, -0.2) is 0 Å². The van der Waals surface area contributed by atoms with Crippen molar-refractivity contribution in [1.82, 2.24) is 0 Å². The maximum atomic E-state index is 13.6. The molecule has 0 radical (unpaired) electrons. The van der Waals surface area contributed by atoms with Crippen molar-refractivity contribution < 1.29 is 23.1 Å². The Morgan fingerprint density at radius 2 is 1.37 bits per heavy atom. The minimum absolute atomic E-state index is 0.0724. The molecule has 7 heteroatoms. The van der Waals surface area contributed by atoms with Gasteiger partial charge in [-0.2, -0.15) is 0 Å². The van der Waals surface area contributed by atoms with E-state index in [4.69, 9.17) is 18.8 Å². The second-order valence-electron chi connectivity index (χ2n) is 6.41. The lowest BCUT2D eigenvalue weighted by molar-refractivity contribution is -0.143. The molecule has 0 fully saturated rings. The summed E-state index contributed by atoms with van der Waals surface area (Å²) in [4.78, 5) is 16.8. The summed E-state index contributed by atoms with van der Waals surface area (Å²) in [6, 6.07) is 19.3. The second kappa shape index (κ2) is 12.4. The SMILES string of the molecule is CCOC(=O)CC[C@@H](N=C(c1ccccc1)c1ccccc1)P(=O)(OCC)OCC. The van der Waals surface area contributed by atoms with Gasteiger partial charge in [0.05, 0.1) is 25.5 Å². The molecule has 0 spiro atoms. The van der Waals surface area contributed by atoms with E-state index >= 15 is 0 Å². The maximum absolute atomic E-state index is 13.6. The van der Waals surface area contributed by atoms with Crippen LogP contribution in [0.25, 0.3) is 0 Å². The summed E-state index contributed by atoms with van der Waals surface area (Å²) in [6.07, 6.45) is 0.266. The summed E-state index contributed by atoms with van der Waals surface area (Å²) >= 11 is 0. The molecule has 0 bridgehead atoms. The number of hydrogen-bond acceptors (Lipinski definition) is 6. The Kier molecular flexibility index (Phi) is 9.95. The third-order valence-corrected chi connectivity index (χ3v) is 6.61. The topological polar surface area (TPSA) is 74.2 Å². The first-order valence-electron chi connectivity index (χ1n) is 10.3. The van der Waals surface area contributed by atoms with E-state index in [0.717, 1.165) is 11.1 Å². The van der Waals surface area contributed by atoms with Gasteiger partial charge in [-0.1, -0.05) is 60.7 Å². The van der Waals surface area contributed by atoms with Crippen molar-refractivity contribution in [3.8, 4) is 0 Å². The maximum Gasteiger partial charge on any atom is 0.354 e. The Labute approximate surface area is 178 Å². The molecule has 0 saturated carbocycles. The third-order valence-electron chi connectivity index (χ3n) is 4.27. The molecule has 30 heavy (non-hydrogen) atoms. The molecule has 0 aliphatic heterocycles. The van der Waals surface area contributed by atoms with Crippen LogP contribution < -0.4 is 0 Å². The van der Waals surface area contributed by atoms with Crippen LogP contribution in [0.3, 0.4) is 0 Å². The van der Waals surface area contributed by atoms with E-state index in [1.165, 1.54) is 0 Å². The van der Waals surface area contributed by atoms with Gasteiger partial charge in [0.2, 0.25) is 0 Å². The van der Waals surface area contributed by atoms with Crippen LogP contribution in [0.4, 0.5) is 0 Å². The van der Waals surface area contributed by atoms with Gasteiger partial charge in [-0.3, -0.25) is 14.4 Å². The van der Waals surface area contributed by atoms with Gasteiger partial charge >= 0.3 is 13.6 Å². The number of esters is 1. The minimum atomic E-state index is -3.59. The summed E-state index contributed by atoms with van der Waals surface area (Å²) < 4.78 is 29.8. The molecule has 0 heterocycles. The Morgan fingerprint density at radius 3 is 1.80 bits per heavy atom. The second-order valence-corrected chi connectivity index (χ2v) is 8.60. The molecule has 162 valence electrons. The number of carbonyl (C=O) groups is 1. The van der Waals surface area contributed by atoms with E-state index in [9.17, 15) is 9.36 Å². The van der Waals surface area contributed by atoms with Crippen molar-refractivity contribution in [3.05, 3.63) is 71.8 Å². The largest absolute Gasteiger partial charge is 0.466 e. The number of benzene rings is 2. The van der Waals surface area contributed by atoms with E-state index in [-0.39, 0.29) is 32.0 Å². The smallest absolute Gasteiger partial charge is 0.354 e. The number of aliphatic imine (C=N–C) groups is 1. The van der Waals surface area contributed by atoms with Crippen molar-refractivity contribution in [2.45, 2.75) is 39.4 Å². The molecule has 2 aromatic carbocycles. The molecule has 2 aromatic rings. The van der Waals surface area contributed by atoms with Crippen LogP contribution in [0.2, 0.25) is 0 Å². The minimum Gasteiger partial charge on any atom is -0.466 e. The highest BCUT2D eigenvalue weighted by Gasteiger charge is 2.36. The van der Waals surface area contributed by atoms with Gasteiger partial charge in [-0.05, 0) is 27.2 Å². The summed E-state index contributed by atoms with van der Waals surface area (Å²) in [7, 11) is -3.59. The zero-order valence-corrected chi connectivity index (χ0v) is 18.7. The molecule has 2 rings (SSSR count). The summed E-state index contributed by atoms with van der Waals surface area (Å²) in [5.41, 5.74) is 2.43. The lowest BCUT2D eigenvalue weighted by atomic mass is 10.0. The molecule has 0 aromatic heterocycles.